The van der Waals surface area contributed by atoms with Gasteiger partial charge in [0.2, 0.25) is 0 Å². The average molecular weight is 564 g/mol. The standard InChI is InChI=1S/C28H27F2N7O2S/c1-27(2)18-8-10-28(27,25-17(18)12-21(34-35-25)24-19(29)4-3-5-20(24)30)22-9-11-31-26(33-22)37-15-32-23(36-37)14-40(38,39)13-16-6-7-16/h3-5,9,11-12,15-16,18H,6-8,10,13-14H2,1-2H3/t18-,28+/m0/s1. The molecule has 7 rings (SSSR count). The molecule has 3 aliphatic rings. The van der Waals surface area contributed by atoms with Gasteiger partial charge in [0.25, 0.3) is 5.95 Å². The van der Waals surface area contributed by atoms with Crippen LogP contribution in [0, 0.1) is 23.0 Å². The van der Waals surface area contributed by atoms with Crippen LogP contribution in [0.5, 0.6) is 0 Å². The van der Waals surface area contributed by atoms with Crippen molar-refractivity contribution in [3.05, 3.63) is 77.3 Å². The number of hydrogen-bond donors (Lipinski definition) is 0. The van der Waals surface area contributed by atoms with Crippen molar-refractivity contribution < 1.29 is 17.2 Å². The van der Waals surface area contributed by atoms with E-state index >= 15 is 0 Å². The van der Waals surface area contributed by atoms with E-state index in [1.54, 1.807) is 12.3 Å². The third-order valence-electron chi connectivity index (χ3n) is 8.96. The molecule has 0 unspecified atom stereocenters. The zero-order chi connectivity index (χ0) is 27.9. The van der Waals surface area contributed by atoms with Gasteiger partial charge in [0, 0.05) is 6.20 Å². The molecule has 40 heavy (non-hydrogen) atoms. The van der Waals surface area contributed by atoms with Gasteiger partial charge >= 0.3 is 0 Å². The summed E-state index contributed by atoms with van der Waals surface area (Å²) in [4.78, 5) is 13.5. The van der Waals surface area contributed by atoms with Crippen molar-refractivity contribution in [3.63, 3.8) is 0 Å². The Morgan fingerprint density at radius 1 is 1.05 bits per heavy atom. The van der Waals surface area contributed by atoms with Crippen LogP contribution in [0.4, 0.5) is 8.78 Å². The molecule has 3 aliphatic carbocycles. The van der Waals surface area contributed by atoms with E-state index in [1.807, 2.05) is 6.07 Å². The summed E-state index contributed by atoms with van der Waals surface area (Å²) in [6.45, 7) is 4.32. The van der Waals surface area contributed by atoms with Gasteiger partial charge in [0.15, 0.2) is 15.7 Å². The molecule has 0 aliphatic heterocycles. The highest BCUT2D eigenvalue weighted by Crippen LogP contribution is 2.69. The van der Waals surface area contributed by atoms with Crippen molar-refractivity contribution in [3.8, 4) is 17.2 Å². The lowest BCUT2D eigenvalue weighted by Gasteiger charge is -2.37. The highest BCUT2D eigenvalue weighted by molar-refractivity contribution is 7.90. The maximum atomic E-state index is 14.6. The molecule has 206 valence electrons. The lowest BCUT2D eigenvalue weighted by Crippen LogP contribution is -2.38. The first-order valence-corrected chi connectivity index (χ1v) is 15.2. The molecule has 4 aromatic rings. The normalized spacial score (nSPS) is 22.9. The Balaban J connectivity index is 1.26. The van der Waals surface area contributed by atoms with Crippen molar-refractivity contribution in [1.82, 2.24) is 34.9 Å². The summed E-state index contributed by atoms with van der Waals surface area (Å²) in [5, 5.41) is 13.2. The van der Waals surface area contributed by atoms with Crippen molar-refractivity contribution in [1.29, 1.82) is 0 Å². The molecule has 12 heteroatoms. The average Bonchev–Trinajstić information content (AvgIpc) is 3.45. The van der Waals surface area contributed by atoms with Crippen LogP contribution in [-0.4, -0.2) is 49.1 Å². The maximum absolute atomic E-state index is 14.6. The van der Waals surface area contributed by atoms with E-state index in [0.29, 0.717) is 0 Å². The molecule has 2 saturated carbocycles. The molecule has 2 fully saturated rings. The van der Waals surface area contributed by atoms with Crippen LogP contribution in [0.25, 0.3) is 17.2 Å². The highest BCUT2D eigenvalue weighted by Gasteiger charge is 2.65. The van der Waals surface area contributed by atoms with E-state index < -0.39 is 26.9 Å². The third kappa shape index (κ3) is 3.79. The number of aromatic nitrogens is 7. The molecule has 9 nitrogen and oxygen atoms in total. The number of halogens is 2. The van der Waals surface area contributed by atoms with Crippen LogP contribution in [0.1, 0.15) is 68.2 Å². The zero-order valence-corrected chi connectivity index (χ0v) is 22.9. The molecule has 0 spiro atoms. The molecule has 0 saturated heterocycles. The van der Waals surface area contributed by atoms with Gasteiger partial charge in [-0.15, -0.1) is 10.2 Å². The fourth-order valence-corrected chi connectivity index (χ4v) is 8.51. The largest absolute Gasteiger partial charge is 0.252 e. The zero-order valence-electron chi connectivity index (χ0n) is 22.0. The van der Waals surface area contributed by atoms with Gasteiger partial charge in [-0.25, -0.2) is 32.2 Å². The minimum absolute atomic E-state index is 0.0969. The smallest absolute Gasteiger partial charge is 0.228 e. The molecule has 0 radical (unpaired) electrons. The van der Waals surface area contributed by atoms with Gasteiger partial charge in [0.05, 0.1) is 33.8 Å². The van der Waals surface area contributed by atoms with Crippen LogP contribution < -0.4 is 0 Å². The van der Waals surface area contributed by atoms with Crippen LogP contribution in [0.15, 0.2) is 42.9 Å². The Labute approximate surface area is 230 Å². The Morgan fingerprint density at radius 2 is 1.82 bits per heavy atom. The number of sulfone groups is 1. The first-order valence-electron chi connectivity index (χ1n) is 13.4. The van der Waals surface area contributed by atoms with Crippen molar-refractivity contribution >= 4 is 9.84 Å². The van der Waals surface area contributed by atoms with Crippen molar-refractivity contribution in [2.24, 2.45) is 11.3 Å². The van der Waals surface area contributed by atoms with Gasteiger partial charge in [-0.2, -0.15) is 9.78 Å². The molecule has 0 N–H and O–H groups in total. The van der Waals surface area contributed by atoms with Crippen molar-refractivity contribution in [2.45, 2.75) is 56.6 Å². The van der Waals surface area contributed by atoms with E-state index in [9.17, 15) is 17.2 Å². The molecule has 3 heterocycles. The molecule has 1 aromatic carbocycles. The molecular weight excluding hydrogens is 536 g/mol. The summed E-state index contributed by atoms with van der Waals surface area (Å²) in [5.74, 6) is -0.585. The summed E-state index contributed by atoms with van der Waals surface area (Å²) in [6, 6.07) is 7.38. The van der Waals surface area contributed by atoms with Gasteiger partial charge in [-0.05, 0) is 72.8 Å². The van der Waals surface area contributed by atoms with Gasteiger partial charge < -0.3 is 0 Å². The molecular formula is C28H27F2N7O2S. The molecule has 3 aromatic heterocycles. The van der Waals surface area contributed by atoms with Crippen LogP contribution in [0.3, 0.4) is 0 Å². The SMILES string of the molecule is CC1(C)[C@H]2CC[C@@]1(c1ccnc(-n3cnc(CS(=O)(=O)CC4CC4)n3)n1)c1nnc(-c3c(F)cccc3F)cc12. The highest BCUT2D eigenvalue weighted by atomic mass is 32.2. The number of fused-ring (bicyclic) bond motifs is 5. The Kier molecular flexibility index (Phi) is 5.48. The third-order valence-corrected chi connectivity index (χ3v) is 10.6. The molecule has 2 atom stereocenters. The van der Waals surface area contributed by atoms with Crippen LogP contribution >= 0.6 is 0 Å². The van der Waals surface area contributed by atoms with Crippen molar-refractivity contribution in [2.75, 3.05) is 5.75 Å². The summed E-state index contributed by atoms with van der Waals surface area (Å²) in [6.07, 6.45) is 6.62. The van der Waals surface area contributed by atoms with E-state index in [0.717, 1.165) is 42.6 Å². The predicted octanol–water partition coefficient (Wildman–Crippen LogP) is 4.32. The Hall–Kier alpha value is -3.67. The molecule has 2 bridgehead atoms. The predicted molar refractivity (Wildman–Crippen MR) is 141 cm³/mol. The summed E-state index contributed by atoms with van der Waals surface area (Å²) < 4.78 is 55.5. The van der Waals surface area contributed by atoms with Gasteiger partial charge in [0.1, 0.15) is 23.7 Å². The summed E-state index contributed by atoms with van der Waals surface area (Å²) in [5.41, 5.74) is 1.49. The Bertz CT molecular complexity index is 1750. The first kappa shape index (κ1) is 25.3. The Morgan fingerprint density at radius 3 is 2.58 bits per heavy atom. The second kappa shape index (κ2) is 8.66. The van der Waals surface area contributed by atoms with Crippen LogP contribution in [0.2, 0.25) is 0 Å². The fourth-order valence-electron chi connectivity index (χ4n) is 6.81. The van der Waals surface area contributed by atoms with E-state index in [4.69, 9.17) is 4.98 Å². The second-order valence-corrected chi connectivity index (χ2v) is 13.8. The maximum Gasteiger partial charge on any atom is 0.252 e. The van der Waals surface area contributed by atoms with E-state index in [1.165, 1.54) is 29.2 Å². The lowest BCUT2D eigenvalue weighted by molar-refractivity contribution is 0.242. The quantitative estimate of drug-likeness (QED) is 0.326. The second-order valence-electron chi connectivity index (χ2n) is 11.7. The monoisotopic (exact) mass is 563 g/mol. The van der Waals surface area contributed by atoms with Gasteiger partial charge in [-0.3, -0.25) is 0 Å². The van der Waals surface area contributed by atoms with Crippen LogP contribution in [-0.2, 0) is 21.0 Å². The summed E-state index contributed by atoms with van der Waals surface area (Å²) in [7, 11) is -3.29. The fraction of sp³-hybridized carbons (Fsp3) is 0.429. The minimum Gasteiger partial charge on any atom is -0.228 e. The van der Waals surface area contributed by atoms with E-state index in [-0.39, 0.29) is 51.8 Å². The lowest BCUT2D eigenvalue weighted by atomic mass is 9.66. The number of hydrogen-bond acceptors (Lipinski definition) is 8. The summed E-state index contributed by atoms with van der Waals surface area (Å²) >= 11 is 0. The minimum atomic E-state index is -3.29. The molecule has 0 amide bonds. The number of nitrogens with zero attached hydrogens (tertiary/aromatic N) is 7. The number of benzene rings is 1. The van der Waals surface area contributed by atoms with Gasteiger partial charge in [-0.1, -0.05) is 19.9 Å². The van der Waals surface area contributed by atoms with E-state index in [2.05, 4.69) is 39.1 Å². The topological polar surface area (TPSA) is 116 Å². The number of rotatable bonds is 7. The first-order chi connectivity index (χ1) is 19.1.